The second kappa shape index (κ2) is 6.49. The molecule has 0 aromatic carbocycles. The molecule has 0 unspecified atom stereocenters. The van der Waals surface area contributed by atoms with Crippen molar-refractivity contribution < 1.29 is 14.2 Å². The summed E-state index contributed by atoms with van der Waals surface area (Å²) in [4.78, 5) is 0. The van der Waals surface area contributed by atoms with Crippen LogP contribution in [0.4, 0.5) is 0 Å². The van der Waals surface area contributed by atoms with E-state index in [4.69, 9.17) is 14.2 Å². The van der Waals surface area contributed by atoms with Gasteiger partial charge in [0.25, 0.3) is 0 Å². The first-order valence-electron chi connectivity index (χ1n) is 4.92. The highest BCUT2D eigenvalue weighted by atomic mass is 16.5. The zero-order valence-electron chi connectivity index (χ0n) is 8.91. The molecule has 1 rings (SSSR count). The van der Waals surface area contributed by atoms with Gasteiger partial charge in [-0.3, -0.25) is 0 Å². The van der Waals surface area contributed by atoms with Crippen LogP contribution in [-0.4, -0.2) is 27.4 Å². The Balaban J connectivity index is 2.19. The molecule has 80 valence electrons. The van der Waals surface area contributed by atoms with Gasteiger partial charge in [-0.1, -0.05) is 0 Å². The summed E-state index contributed by atoms with van der Waals surface area (Å²) in [5.74, 6) is 2.07. The van der Waals surface area contributed by atoms with E-state index in [-0.39, 0.29) is 0 Å². The van der Waals surface area contributed by atoms with Gasteiger partial charge in [-0.15, -0.1) is 0 Å². The Morgan fingerprint density at radius 1 is 1.07 bits per heavy atom. The third kappa shape index (κ3) is 3.83. The van der Waals surface area contributed by atoms with Gasteiger partial charge in [0.1, 0.15) is 0 Å². The fourth-order valence-electron chi connectivity index (χ4n) is 1.30. The maximum absolute atomic E-state index is 5.56. The summed E-state index contributed by atoms with van der Waals surface area (Å²) < 4.78 is 15.6. The van der Waals surface area contributed by atoms with Crippen molar-refractivity contribution in [3.05, 3.63) is 23.7 Å². The average Bonchev–Trinajstić information content (AvgIpc) is 2.25. The first-order chi connectivity index (χ1) is 6.86. The summed E-state index contributed by atoms with van der Waals surface area (Å²) in [5.41, 5.74) is 0. The Bertz CT molecular complexity index is 219. The van der Waals surface area contributed by atoms with E-state index in [0.29, 0.717) is 0 Å². The van der Waals surface area contributed by atoms with Gasteiger partial charge in [0.05, 0.1) is 25.2 Å². The molecule has 0 atom stereocenters. The molecule has 14 heavy (non-hydrogen) atoms. The van der Waals surface area contributed by atoms with Crippen molar-refractivity contribution in [2.24, 2.45) is 0 Å². The standard InChI is InChI=1S/C11H18O3/c1-12-8-3-9-14-11-6-4-10(13-2)5-7-11/h4,6H,3,5,7-9H2,1-2H3. The van der Waals surface area contributed by atoms with E-state index in [9.17, 15) is 0 Å². The minimum absolute atomic E-state index is 0.732. The summed E-state index contributed by atoms with van der Waals surface area (Å²) in [6, 6.07) is 0. The summed E-state index contributed by atoms with van der Waals surface area (Å²) in [6.07, 6.45) is 6.76. The van der Waals surface area contributed by atoms with Crippen molar-refractivity contribution in [1.82, 2.24) is 0 Å². The molecule has 0 saturated carbocycles. The normalized spacial score (nSPS) is 15.9. The van der Waals surface area contributed by atoms with Crippen LogP contribution in [-0.2, 0) is 14.2 Å². The molecule has 0 N–H and O–H groups in total. The van der Waals surface area contributed by atoms with Crippen LogP contribution in [0.5, 0.6) is 0 Å². The zero-order chi connectivity index (χ0) is 10.2. The van der Waals surface area contributed by atoms with Crippen LogP contribution in [0.25, 0.3) is 0 Å². The molecule has 0 aromatic heterocycles. The number of hydrogen-bond acceptors (Lipinski definition) is 3. The van der Waals surface area contributed by atoms with Crippen LogP contribution in [0.15, 0.2) is 23.7 Å². The molecule has 0 radical (unpaired) electrons. The van der Waals surface area contributed by atoms with E-state index in [1.807, 2.05) is 12.2 Å². The maximum Gasteiger partial charge on any atom is 0.0965 e. The largest absolute Gasteiger partial charge is 0.501 e. The van der Waals surface area contributed by atoms with Crippen molar-refractivity contribution in [3.8, 4) is 0 Å². The molecule has 0 aromatic rings. The molecule has 0 heterocycles. The molecule has 0 amide bonds. The molecule has 1 aliphatic rings. The highest BCUT2D eigenvalue weighted by Crippen LogP contribution is 2.19. The van der Waals surface area contributed by atoms with Gasteiger partial charge in [0, 0.05) is 33.0 Å². The fraction of sp³-hybridized carbons (Fsp3) is 0.636. The van der Waals surface area contributed by atoms with E-state index >= 15 is 0 Å². The first-order valence-corrected chi connectivity index (χ1v) is 4.92. The number of rotatable bonds is 6. The van der Waals surface area contributed by atoms with Crippen molar-refractivity contribution in [3.63, 3.8) is 0 Å². The maximum atomic E-state index is 5.56. The summed E-state index contributed by atoms with van der Waals surface area (Å²) in [7, 11) is 3.40. The SMILES string of the molecule is COCCCOC1=CC=C(OC)CC1. The molecule has 0 bridgehead atoms. The predicted molar refractivity (Wildman–Crippen MR) is 54.9 cm³/mol. The highest BCUT2D eigenvalue weighted by Gasteiger charge is 2.06. The van der Waals surface area contributed by atoms with E-state index in [2.05, 4.69) is 0 Å². The Labute approximate surface area is 85.3 Å². The van der Waals surface area contributed by atoms with Crippen LogP contribution >= 0.6 is 0 Å². The van der Waals surface area contributed by atoms with E-state index in [1.165, 1.54) is 0 Å². The van der Waals surface area contributed by atoms with E-state index in [0.717, 1.165) is 44.0 Å². The van der Waals surface area contributed by atoms with Gasteiger partial charge in [-0.25, -0.2) is 0 Å². The number of allylic oxidation sites excluding steroid dienone is 4. The lowest BCUT2D eigenvalue weighted by molar-refractivity contribution is 0.139. The summed E-state index contributed by atoms with van der Waals surface area (Å²) in [6.45, 7) is 1.49. The second-order valence-electron chi connectivity index (χ2n) is 3.16. The smallest absolute Gasteiger partial charge is 0.0965 e. The van der Waals surface area contributed by atoms with E-state index < -0.39 is 0 Å². The molecule has 0 saturated heterocycles. The number of hydrogen-bond donors (Lipinski definition) is 0. The predicted octanol–water partition coefficient (Wildman–Crippen LogP) is 2.25. The van der Waals surface area contributed by atoms with Crippen molar-refractivity contribution in [2.45, 2.75) is 19.3 Å². The molecular weight excluding hydrogens is 180 g/mol. The topological polar surface area (TPSA) is 27.7 Å². The van der Waals surface area contributed by atoms with Crippen molar-refractivity contribution >= 4 is 0 Å². The lowest BCUT2D eigenvalue weighted by Gasteiger charge is -2.14. The third-order valence-corrected chi connectivity index (χ3v) is 2.12. The van der Waals surface area contributed by atoms with Gasteiger partial charge >= 0.3 is 0 Å². The second-order valence-corrected chi connectivity index (χ2v) is 3.16. The Morgan fingerprint density at radius 3 is 2.36 bits per heavy atom. The molecule has 0 spiro atoms. The minimum atomic E-state index is 0.732. The number of ether oxygens (including phenoxy) is 3. The third-order valence-electron chi connectivity index (χ3n) is 2.12. The molecular formula is C11H18O3. The Kier molecular flexibility index (Phi) is 5.15. The van der Waals surface area contributed by atoms with Crippen LogP contribution in [0.3, 0.4) is 0 Å². The highest BCUT2D eigenvalue weighted by molar-refractivity contribution is 5.17. The van der Waals surface area contributed by atoms with Crippen LogP contribution in [0, 0.1) is 0 Å². The molecule has 0 aliphatic heterocycles. The summed E-state index contributed by atoms with van der Waals surface area (Å²) >= 11 is 0. The van der Waals surface area contributed by atoms with Crippen LogP contribution in [0.2, 0.25) is 0 Å². The molecule has 1 aliphatic carbocycles. The monoisotopic (exact) mass is 198 g/mol. The number of methoxy groups -OCH3 is 2. The fourth-order valence-corrected chi connectivity index (χ4v) is 1.30. The van der Waals surface area contributed by atoms with Gasteiger partial charge < -0.3 is 14.2 Å². The molecule has 3 heteroatoms. The van der Waals surface area contributed by atoms with Crippen molar-refractivity contribution in [2.75, 3.05) is 27.4 Å². The van der Waals surface area contributed by atoms with Crippen LogP contribution in [0.1, 0.15) is 19.3 Å². The van der Waals surface area contributed by atoms with Gasteiger partial charge in [0.15, 0.2) is 0 Å². The summed E-state index contributed by atoms with van der Waals surface area (Å²) in [5, 5.41) is 0. The molecule has 0 fully saturated rings. The average molecular weight is 198 g/mol. The van der Waals surface area contributed by atoms with Gasteiger partial charge in [-0.05, 0) is 12.2 Å². The lowest BCUT2D eigenvalue weighted by atomic mass is 10.1. The molecule has 3 nitrogen and oxygen atoms in total. The Morgan fingerprint density at radius 2 is 1.79 bits per heavy atom. The minimum Gasteiger partial charge on any atom is -0.501 e. The van der Waals surface area contributed by atoms with Gasteiger partial charge in [-0.2, -0.15) is 0 Å². The Hall–Kier alpha value is -0.960. The zero-order valence-corrected chi connectivity index (χ0v) is 8.91. The van der Waals surface area contributed by atoms with Gasteiger partial charge in [0.2, 0.25) is 0 Å². The first kappa shape index (κ1) is 11.1. The van der Waals surface area contributed by atoms with E-state index in [1.54, 1.807) is 14.2 Å². The van der Waals surface area contributed by atoms with Crippen LogP contribution < -0.4 is 0 Å². The quantitative estimate of drug-likeness (QED) is 0.613. The van der Waals surface area contributed by atoms with Crippen molar-refractivity contribution in [1.29, 1.82) is 0 Å². The lowest BCUT2D eigenvalue weighted by Crippen LogP contribution is -2.02.